The second-order valence-corrected chi connectivity index (χ2v) is 7.45. The number of carbonyl (C=O) groups is 2. The highest BCUT2D eigenvalue weighted by atomic mass is 16.5. The first-order valence-corrected chi connectivity index (χ1v) is 9.48. The molecule has 0 saturated carbocycles. The zero-order valence-corrected chi connectivity index (χ0v) is 16.0. The van der Waals surface area contributed by atoms with Gasteiger partial charge in [-0.05, 0) is 37.0 Å². The van der Waals surface area contributed by atoms with E-state index in [0.717, 1.165) is 31.6 Å². The van der Waals surface area contributed by atoms with Gasteiger partial charge in [0.25, 0.3) is 0 Å². The van der Waals surface area contributed by atoms with Crippen LogP contribution in [0.15, 0.2) is 24.3 Å². The second-order valence-electron chi connectivity index (χ2n) is 7.45. The van der Waals surface area contributed by atoms with Gasteiger partial charge in [0.15, 0.2) is 0 Å². The number of piperidine rings is 1. The summed E-state index contributed by atoms with van der Waals surface area (Å²) in [4.78, 5) is 30.1. The van der Waals surface area contributed by atoms with E-state index in [1.165, 1.54) is 5.56 Å². The maximum Gasteiger partial charge on any atom is 0.319 e. The van der Waals surface area contributed by atoms with Crippen molar-refractivity contribution in [3.8, 4) is 5.75 Å². The molecule has 0 aliphatic carbocycles. The molecule has 26 heavy (non-hydrogen) atoms. The largest absolute Gasteiger partial charge is 0.487 e. The third kappa shape index (κ3) is 4.11. The van der Waals surface area contributed by atoms with E-state index < -0.39 is 0 Å². The maximum absolute atomic E-state index is 12.7. The summed E-state index contributed by atoms with van der Waals surface area (Å²) >= 11 is 0. The SMILES string of the molecule is CCc1cccc(OC2CN(C(=O)C3CCCN(C(=O)N(C)C)C3)C2)c1. The molecule has 0 radical (unpaired) electrons. The number of nitrogens with zero attached hydrogens (tertiary/aromatic N) is 3. The molecule has 0 bridgehead atoms. The van der Waals surface area contributed by atoms with Crippen molar-refractivity contribution in [2.75, 3.05) is 40.3 Å². The van der Waals surface area contributed by atoms with Gasteiger partial charge in [-0.15, -0.1) is 0 Å². The molecule has 142 valence electrons. The molecule has 2 fully saturated rings. The number of rotatable bonds is 4. The lowest BCUT2D eigenvalue weighted by atomic mass is 9.95. The highest BCUT2D eigenvalue weighted by Gasteiger charge is 2.38. The molecular weight excluding hydrogens is 330 g/mol. The van der Waals surface area contributed by atoms with Crippen LogP contribution in [0.3, 0.4) is 0 Å². The van der Waals surface area contributed by atoms with E-state index in [-0.39, 0.29) is 24.0 Å². The Hall–Kier alpha value is -2.24. The number of aryl methyl sites for hydroxylation is 1. The van der Waals surface area contributed by atoms with E-state index in [0.29, 0.717) is 19.6 Å². The third-order valence-corrected chi connectivity index (χ3v) is 5.19. The molecule has 3 amide bonds. The van der Waals surface area contributed by atoms with E-state index in [9.17, 15) is 9.59 Å². The van der Waals surface area contributed by atoms with E-state index in [1.807, 2.05) is 17.0 Å². The molecule has 1 atom stereocenters. The Labute approximate surface area is 155 Å². The number of hydrogen-bond acceptors (Lipinski definition) is 3. The summed E-state index contributed by atoms with van der Waals surface area (Å²) in [6, 6.07) is 8.12. The van der Waals surface area contributed by atoms with Crippen LogP contribution >= 0.6 is 0 Å². The average Bonchev–Trinajstić information content (AvgIpc) is 2.63. The summed E-state index contributed by atoms with van der Waals surface area (Å²) in [6.45, 7) is 4.65. The van der Waals surface area contributed by atoms with Gasteiger partial charge in [-0.3, -0.25) is 4.79 Å². The van der Waals surface area contributed by atoms with Crippen molar-refractivity contribution in [2.24, 2.45) is 5.92 Å². The minimum Gasteiger partial charge on any atom is -0.487 e. The number of benzene rings is 1. The van der Waals surface area contributed by atoms with Crippen LogP contribution in [0.1, 0.15) is 25.3 Å². The Morgan fingerprint density at radius 2 is 1.96 bits per heavy atom. The fraction of sp³-hybridized carbons (Fsp3) is 0.600. The van der Waals surface area contributed by atoms with Crippen molar-refractivity contribution in [3.05, 3.63) is 29.8 Å². The fourth-order valence-electron chi connectivity index (χ4n) is 3.62. The van der Waals surface area contributed by atoms with Gasteiger partial charge in [-0.25, -0.2) is 4.79 Å². The van der Waals surface area contributed by atoms with Gasteiger partial charge in [0.2, 0.25) is 5.91 Å². The molecule has 0 aromatic heterocycles. The Bertz CT molecular complexity index is 655. The summed E-state index contributed by atoms with van der Waals surface area (Å²) in [6.07, 6.45) is 2.79. The highest BCUT2D eigenvalue weighted by Crippen LogP contribution is 2.24. The molecular formula is C20H29N3O3. The Kier molecular flexibility index (Phi) is 5.69. The normalized spacial score (nSPS) is 20.5. The van der Waals surface area contributed by atoms with Crippen molar-refractivity contribution >= 4 is 11.9 Å². The van der Waals surface area contributed by atoms with E-state index in [2.05, 4.69) is 19.1 Å². The summed E-state index contributed by atoms with van der Waals surface area (Å²) in [5.41, 5.74) is 1.25. The van der Waals surface area contributed by atoms with Crippen molar-refractivity contribution in [1.29, 1.82) is 0 Å². The van der Waals surface area contributed by atoms with Gasteiger partial charge in [-0.1, -0.05) is 19.1 Å². The lowest BCUT2D eigenvalue weighted by molar-refractivity contribution is -0.145. The zero-order chi connectivity index (χ0) is 18.7. The topological polar surface area (TPSA) is 53.1 Å². The molecule has 2 aliphatic heterocycles. The summed E-state index contributed by atoms with van der Waals surface area (Å²) in [7, 11) is 3.50. The maximum atomic E-state index is 12.7. The molecule has 2 saturated heterocycles. The number of urea groups is 1. The molecule has 0 spiro atoms. The van der Waals surface area contributed by atoms with Gasteiger partial charge in [0.05, 0.1) is 19.0 Å². The quantitative estimate of drug-likeness (QED) is 0.828. The predicted octanol–water partition coefficient (Wildman–Crippen LogP) is 2.23. The Balaban J connectivity index is 1.49. The summed E-state index contributed by atoms with van der Waals surface area (Å²) < 4.78 is 5.99. The summed E-state index contributed by atoms with van der Waals surface area (Å²) in [5, 5.41) is 0. The molecule has 1 aromatic carbocycles. The van der Waals surface area contributed by atoms with Crippen LogP contribution in [-0.2, 0) is 11.2 Å². The molecule has 2 aliphatic rings. The third-order valence-electron chi connectivity index (χ3n) is 5.19. The molecule has 2 heterocycles. The first-order chi connectivity index (χ1) is 12.5. The molecule has 0 N–H and O–H groups in total. The number of likely N-dealkylation sites (tertiary alicyclic amines) is 2. The molecule has 6 nitrogen and oxygen atoms in total. The smallest absolute Gasteiger partial charge is 0.319 e. The van der Waals surface area contributed by atoms with Crippen molar-refractivity contribution in [1.82, 2.24) is 14.7 Å². The van der Waals surface area contributed by atoms with Gasteiger partial charge < -0.3 is 19.4 Å². The number of ether oxygens (including phenoxy) is 1. The van der Waals surface area contributed by atoms with Crippen molar-refractivity contribution in [2.45, 2.75) is 32.3 Å². The Morgan fingerprint density at radius 3 is 2.65 bits per heavy atom. The van der Waals surface area contributed by atoms with Gasteiger partial charge in [0.1, 0.15) is 11.9 Å². The number of hydrogen-bond donors (Lipinski definition) is 0. The van der Waals surface area contributed by atoms with E-state index in [1.54, 1.807) is 23.9 Å². The highest BCUT2D eigenvalue weighted by molar-refractivity contribution is 5.81. The summed E-state index contributed by atoms with van der Waals surface area (Å²) in [5.74, 6) is 0.947. The van der Waals surface area contributed by atoms with Gasteiger partial charge in [0, 0.05) is 27.2 Å². The molecule has 1 aromatic rings. The van der Waals surface area contributed by atoms with Crippen LogP contribution in [0.2, 0.25) is 0 Å². The van der Waals surface area contributed by atoms with E-state index >= 15 is 0 Å². The van der Waals surface area contributed by atoms with Crippen LogP contribution in [-0.4, -0.2) is 73.0 Å². The minimum atomic E-state index is -0.0861. The Morgan fingerprint density at radius 1 is 1.19 bits per heavy atom. The zero-order valence-electron chi connectivity index (χ0n) is 16.0. The van der Waals surface area contributed by atoms with E-state index in [4.69, 9.17) is 4.74 Å². The minimum absolute atomic E-state index is 0.0110. The van der Waals surface area contributed by atoms with Crippen LogP contribution in [0.5, 0.6) is 5.75 Å². The van der Waals surface area contributed by atoms with Crippen molar-refractivity contribution < 1.29 is 14.3 Å². The standard InChI is InChI=1S/C20H29N3O3/c1-4-15-7-5-9-17(11-15)26-18-13-23(14-18)19(24)16-8-6-10-22(12-16)20(25)21(2)3/h5,7,9,11,16,18H,4,6,8,10,12-14H2,1-3H3. The lowest BCUT2D eigenvalue weighted by Gasteiger charge is -2.42. The molecule has 6 heteroatoms. The lowest BCUT2D eigenvalue weighted by Crippen LogP contribution is -2.59. The first-order valence-electron chi connectivity index (χ1n) is 9.48. The van der Waals surface area contributed by atoms with Crippen molar-refractivity contribution in [3.63, 3.8) is 0 Å². The predicted molar refractivity (Wildman–Crippen MR) is 100 cm³/mol. The number of amides is 3. The van der Waals surface area contributed by atoms with Gasteiger partial charge >= 0.3 is 6.03 Å². The molecule has 1 unspecified atom stereocenters. The van der Waals surface area contributed by atoms with Gasteiger partial charge in [-0.2, -0.15) is 0 Å². The van der Waals surface area contributed by atoms with Crippen LogP contribution in [0.4, 0.5) is 4.79 Å². The second kappa shape index (κ2) is 7.98. The first kappa shape index (κ1) is 18.5. The van der Waals surface area contributed by atoms with Crippen LogP contribution in [0.25, 0.3) is 0 Å². The fourth-order valence-corrected chi connectivity index (χ4v) is 3.62. The van der Waals surface area contributed by atoms with Crippen LogP contribution in [0, 0.1) is 5.92 Å². The monoisotopic (exact) mass is 359 g/mol. The number of carbonyl (C=O) groups excluding carboxylic acids is 2. The average molecular weight is 359 g/mol. The molecule has 3 rings (SSSR count). The van der Waals surface area contributed by atoms with Crippen LogP contribution < -0.4 is 4.74 Å².